The van der Waals surface area contributed by atoms with Crippen LogP contribution in [0.2, 0.25) is 0 Å². The molecule has 0 radical (unpaired) electrons. The number of carboxylic acid groups (broad SMARTS) is 1. The highest BCUT2D eigenvalue weighted by molar-refractivity contribution is 8.00. The van der Waals surface area contributed by atoms with E-state index in [2.05, 4.69) is 31.4 Å². The highest BCUT2D eigenvalue weighted by atomic mass is 32.2. The maximum absolute atomic E-state index is 12.0. The number of nitrogens with zero attached hydrogens (tertiary/aromatic N) is 1. The Morgan fingerprint density at radius 2 is 1.33 bits per heavy atom. The van der Waals surface area contributed by atoms with Gasteiger partial charge >= 0.3 is 24.0 Å². The largest absolute Gasteiger partial charge is 0.481 e. The van der Waals surface area contributed by atoms with Crippen molar-refractivity contribution in [3.05, 3.63) is 0 Å². The van der Waals surface area contributed by atoms with Gasteiger partial charge in [-0.1, -0.05) is 19.3 Å². The molecule has 0 aromatic carbocycles. The lowest BCUT2D eigenvalue weighted by molar-refractivity contribution is -0.197. The van der Waals surface area contributed by atoms with Gasteiger partial charge < -0.3 is 36.5 Å². The average Bonchev–Trinajstić information content (AvgIpc) is 3.86. The topological polar surface area (TPSA) is 267 Å². The number of amides is 7. The fourth-order valence-corrected chi connectivity index (χ4v) is 10.3. The number of aliphatic carboxylic acids is 1. The van der Waals surface area contributed by atoms with Gasteiger partial charge in [0.1, 0.15) is 0 Å². The number of hydroxylamine groups is 2. The van der Waals surface area contributed by atoms with Gasteiger partial charge in [-0.15, -0.1) is 5.06 Å². The van der Waals surface area contributed by atoms with Gasteiger partial charge in [0.25, 0.3) is 21.9 Å². The third kappa shape index (κ3) is 12.1. The summed E-state index contributed by atoms with van der Waals surface area (Å²) in [4.78, 5) is 84.8. The molecule has 0 spiro atoms. The number of unbranched alkanes of at least 4 members (excludes halogenated alkanes) is 4. The van der Waals surface area contributed by atoms with E-state index in [1.54, 1.807) is 0 Å². The SMILES string of the molecule is O=C(CCCC[C@@H]1SC[C@@H]2NC(=O)N[C@@H]21)NCCCCCC(=O)ON1C(=O)CC(S(=O)(=O)O)C1=O.O=C(O)CCCC[C@@H]1SC[C@@H]2NC(=O)N[C@@H]21. The molecule has 5 rings (SSSR count). The molecule has 0 aromatic heterocycles. The summed E-state index contributed by atoms with van der Waals surface area (Å²) in [6.45, 7) is 0.451. The van der Waals surface area contributed by atoms with Gasteiger partial charge in [0.05, 0.1) is 30.6 Å². The summed E-state index contributed by atoms with van der Waals surface area (Å²) < 4.78 is 31.1. The van der Waals surface area contributed by atoms with Crippen LogP contribution in [-0.2, 0) is 38.9 Å². The molecule has 0 bridgehead atoms. The van der Waals surface area contributed by atoms with Crippen molar-refractivity contribution >= 4 is 75.4 Å². The maximum Gasteiger partial charge on any atom is 0.333 e. The van der Waals surface area contributed by atoms with Gasteiger partial charge in [0.15, 0.2) is 5.25 Å². The number of hydrogen-bond acceptors (Lipinski definition) is 12. The van der Waals surface area contributed by atoms with Crippen LogP contribution in [0.1, 0.15) is 83.5 Å². The van der Waals surface area contributed by atoms with E-state index in [4.69, 9.17) is 9.66 Å². The number of urea groups is 2. The van der Waals surface area contributed by atoms with Crippen LogP contribution in [0.5, 0.6) is 0 Å². The second kappa shape index (κ2) is 19.0. The van der Waals surface area contributed by atoms with E-state index in [0.717, 1.165) is 50.0 Å². The zero-order valence-electron chi connectivity index (χ0n) is 28.0. The van der Waals surface area contributed by atoms with Crippen molar-refractivity contribution in [1.29, 1.82) is 0 Å². The van der Waals surface area contributed by atoms with Crippen LogP contribution in [0, 0.1) is 0 Å². The number of thioether (sulfide) groups is 2. The second-order valence-corrected chi connectivity index (χ2v) is 17.1. The maximum atomic E-state index is 12.0. The number of imide groups is 1. The third-order valence-electron chi connectivity index (χ3n) is 9.14. The number of carbonyl (C=O) groups excluding carboxylic acids is 6. The van der Waals surface area contributed by atoms with Crippen molar-refractivity contribution in [2.24, 2.45) is 0 Å². The Bertz CT molecular complexity index is 1430. The molecule has 5 saturated heterocycles. The number of nitrogens with one attached hydrogen (secondary N) is 5. The molecule has 1 unspecified atom stereocenters. The summed E-state index contributed by atoms with van der Waals surface area (Å²) >= 11 is 3.72. The number of carboxylic acids is 1. The van der Waals surface area contributed by atoms with Gasteiger partial charge in [-0.05, 0) is 38.5 Å². The summed E-state index contributed by atoms with van der Waals surface area (Å²) in [5.74, 6) is -2.07. The number of rotatable bonds is 18. The van der Waals surface area contributed by atoms with E-state index >= 15 is 0 Å². The smallest absolute Gasteiger partial charge is 0.333 e. The van der Waals surface area contributed by atoms with Crippen molar-refractivity contribution in [2.45, 2.75) is 123 Å². The highest BCUT2D eigenvalue weighted by Gasteiger charge is 2.48. The second-order valence-electron chi connectivity index (χ2n) is 13.0. The van der Waals surface area contributed by atoms with Crippen molar-refractivity contribution in [3.8, 4) is 0 Å². The van der Waals surface area contributed by atoms with E-state index in [-0.39, 0.29) is 60.0 Å². The van der Waals surface area contributed by atoms with E-state index in [1.807, 2.05) is 23.5 Å². The summed E-state index contributed by atoms with van der Waals surface area (Å²) in [7, 11) is -4.76. The first-order valence-electron chi connectivity index (χ1n) is 17.1. The molecule has 286 valence electrons. The first kappa shape index (κ1) is 40.5. The lowest BCUT2D eigenvalue weighted by Gasteiger charge is -2.16. The van der Waals surface area contributed by atoms with E-state index in [9.17, 15) is 42.0 Å². The average molecular weight is 779 g/mol. The molecule has 0 aromatic rings. The van der Waals surface area contributed by atoms with Crippen molar-refractivity contribution < 1.29 is 56.5 Å². The van der Waals surface area contributed by atoms with Gasteiger partial charge in [-0.2, -0.15) is 31.9 Å². The number of hydrogen-bond donors (Lipinski definition) is 7. The van der Waals surface area contributed by atoms with Gasteiger partial charge in [-0.3, -0.25) is 23.7 Å². The molecule has 5 aliphatic heterocycles. The lowest BCUT2D eigenvalue weighted by Crippen LogP contribution is -2.36. The molecule has 21 heteroatoms. The number of fused-ring (bicyclic) bond motifs is 2. The monoisotopic (exact) mass is 778 g/mol. The molecule has 7 amide bonds. The summed E-state index contributed by atoms with van der Waals surface area (Å²) in [5, 5.41) is 22.0. The van der Waals surface area contributed by atoms with Crippen LogP contribution in [0.4, 0.5) is 9.59 Å². The van der Waals surface area contributed by atoms with E-state index < -0.39 is 45.5 Å². The molecule has 51 heavy (non-hydrogen) atoms. The fourth-order valence-electron chi connectivity index (χ4n) is 6.48. The Hall–Kier alpha value is -3.30. The highest BCUT2D eigenvalue weighted by Crippen LogP contribution is 2.34. The molecule has 5 heterocycles. The number of carbonyl (C=O) groups is 7. The Labute approximate surface area is 304 Å². The van der Waals surface area contributed by atoms with E-state index in [0.29, 0.717) is 42.7 Å². The molecule has 7 N–H and O–H groups in total. The van der Waals surface area contributed by atoms with Gasteiger partial charge in [-0.25, -0.2) is 14.4 Å². The van der Waals surface area contributed by atoms with Crippen LogP contribution < -0.4 is 26.6 Å². The molecule has 7 atom stereocenters. The molecule has 5 aliphatic rings. The summed E-state index contributed by atoms with van der Waals surface area (Å²) in [6.07, 6.45) is 6.64. The van der Waals surface area contributed by atoms with Gasteiger partial charge in [0.2, 0.25) is 5.91 Å². The molecular weight excluding hydrogens is 733 g/mol. The summed E-state index contributed by atoms with van der Waals surface area (Å²) in [6, 6.07) is 0.705. The minimum Gasteiger partial charge on any atom is -0.481 e. The predicted molar refractivity (Wildman–Crippen MR) is 185 cm³/mol. The molecule has 18 nitrogen and oxygen atoms in total. The zero-order valence-corrected chi connectivity index (χ0v) is 30.5. The zero-order chi connectivity index (χ0) is 37.1. The van der Waals surface area contributed by atoms with Crippen molar-refractivity contribution in [1.82, 2.24) is 31.6 Å². The Morgan fingerprint density at radius 3 is 1.86 bits per heavy atom. The normalized spacial score (nSPS) is 27.8. The van der Waals surface area contributed by atoms with Crippen LogP contribution in [0.25, 0.3) is 0 Å². The molecular formula is C30H46N6O12S3. The van der Waals surface area contributed by atoms with Crippen LogP contribution in [0.3, 0.4) is 0 Å². The van der Waals surface area contributed by atoms with Crippen LogP contribution in [0.15, 0.2) is 0 Å². The lowest BCUT2D eigenvalue weighted by atomic mass is 10.0. The van der Waals surface area contributed by atoms with Crippen molar-refractivity contribution in [3.63, 3.8) is 0 Å². The van der Waals surface area contributed by atoms with E-state index in [1.165, 1.54) is 0 Å². The standard InChI is InChI=1S/C20H30N4O9S2.C10H16N2O3S/c25-15(7-4-3-6-13-18-12(11-34-13)22-20(29)23-18)21-9-5-1-2-8-17(27)33-24-16(26)10-14(19(24)28)35(30,31)32;13-8(14)4-2-1-3-7-9-6(5-16-7)11-10(15)12-9/h12-14,18H,1-11H2,(H,21,25)(H2,22,23,29)(H,30,31,32);6-7,9H,1-5H2,(H,13,14)(H2,11,12,15)/t12-,13-,14?,18-;6-,7-,9-/m00/s1. The van der Waals surface area contributed by atoms with Crippen LogP contribution >= 0.6 is 23.5 Å². The Balaban J connectivity index is 0.000000302. The predicted octanol–water partition coefficient (Wildman–Crippen LogP) is 0.659. The first-order chi connectivity index (χ1) is 24.2. The Kier molecular flexibility index (Phi) is 15.1. The third-order valence-corrected chi connectivity index (χ3v) is 13.2. The summed E-state index contributed by atoms with van der Waals surface area (Å²) in [5.41, 5.74) is 0. The first-order valence-corrected chi connectivity index (χ1v) is 20.7. The molecule has 5 fully saturated rings. The minimum absolute atomic E-state index is 0.0448. The van der Waals surface area contributed by atoms with Crippen LogP contribution in [-0.4, -0.2) is 123 Å². The quantitative estimate of drug-likeness (QED) is 0.0436. The fraction of sp³-hybridized carbons (Fsp3) is 0.767. The Morgan fingerprint density at radius 1 is 0.784 bits per heavy atom. The van der Waals surface area contributed by atoms with Crippen molar-refractivity contribution in [2.75, 3.05) is 18.1 Å². The van der Waals surface area contributed by atoms with Gasteiger partial charge in [0, 0.05) is 47.8 Å². The minimum atomic E-state index is -4.76. The molecule has 0 saturated carbocycles. The molecule has 0 aliphatic carbocycles.